The van der Waals surface area contributed by atoms with Gasteiger partial charge in [-0.15, -0.1) is 0 Å². The molecule has 0 amide bonds. The zero-order valence-electron chi connectivity index (χ0n) is 11.7. The fourth-order valence-electron chi connectivity index (χ4n) is 2.64. The van der Waals surface area contributed by atoms with Crippen LogP contribution in [0.25, 0.3) is 0 Å². The molecule has 1 aliphatic rings. The van der Waals surface area contributed by atoms with Crippen molar-refractivity contribution in [1.82, 2.24) is 0 Å². The first-order valence-electron chi connectivity index (χ1n) is 6.83. The molecule has 2 aromatic rings. The lowest BCUT2D eigenvalue weighted by Crippen LogP contribution is -2.24. The maximum Gasteiger partial charge on any atom is 0.126 e. The summed E-state index contributed by atoms with van der Waals surface area (Å²) in [6.45, 7) is 4.18. The van der Waals surface area contributed by atoms with Gasteiger partial charge >= 0.3 is 0 Å². The highest BCUT2D eigenvalue weighted by molar-refractivity contribution is 5.40. The zero-order valence-corrected chi connectivity index (χ0v) is 11.7. The second-order valence-corrected chi connectivity index (χ2v) is 5.47. The largest absolute Gasteiger partial charge is 0.485 e. The number of benzene rings is 2. The number of fused-ring (bicyclic) bond motifs is 1. The van der Waals surface area contributed by atoms with Crippen LogP contribution in [0.4, 0.5) is 4.39 Å². The third-order valence-corrected chi connectivity index (χ3v) is 4.01. The second-order valence-electron chi connectivity index (χ2n) is 5.47. The van der Waals surface area contributed by atoms with Crippen molar-refractivity contribution in [2.75, 3.05) is 0 Å². The quantitative estimate of drug-likeness (QED) is 0.852. The van der Waals surface area contributed by atoms with Crippen LogP contribution in [0.2, 0.25) is 0 Å². The van der Waals surface area contributed by atoms with Gasteiger partial charge in [-0.2, -0.15) is 0 Å². The summed E-state index contributed by atoms with van der Waals surface area (Å²) in [4.78, 5) is 0. The maximum atomic E-state index is 13.3. The molecule has 0 spiro atoms. The van der Waals surface area contributed by atoms with E-state index in [0.29, 0.717) is 12.2 Å². The highest BCUT2D eigenvalue weighted by Gasteiger charge is 2.27. The lowest BCUT2D eigenvalue weighted by atomic mass is 9.92. The Kier molecular flexibility index (Phi) is 3.22. The van der Waals surface area contributed by atoms with Crippen molar-refractivity contribution in [2.24, 2.45) is 5.73 Å². The third-order valence-electron chi connectivity index (χ3n) is 4.01. The summed E-state index contributed by atoms with van der Waals surface area (Å²) in [7, 11) is 0. The van der Waals surface area contributed by atoms with E-state index in [0.717, 1.165) is 11.1 Å². The molecule has 3 heteroatoms. The predicted molar refractivity (Wildman–Crippen MR) is 77.2 cm³/mol. The van der Waals surface area contributed by atoms with Gasteiger partial charge in [0.2, 0.25) is 0 Å². The number of hydrogen-bond acceptors (Lipinski definition) is 2. The molecule has 2 atom stereocenters. The molecular formula is C17H18FNO. The molecule has 0 saturated carbocycles. The van der Waals surface area contributed by atoms with Crippen LogP contribution in [0.15, 0.2) is 36.4 Å². The Balaban J connectivity index is 1.94. The first-order valence-corrected chi connectivity index (χ1v) is 6.83. The van der Waals surface area contributed by atoms with Gasteiger partial charge in [0.05, 0.1) is 0 Å². The minimum atomic E-state index is -0.271. The van der Waals surface area contributed by atoms with Crippen LogP contribution in [0.5, 0.6) is 5.75 Å². The molecule has 104 valence electrons. The summed E-state index contributed by atoms with van der Waals surface area (Å²) < 4.78 is 19.3. The van der Waals surface area contributed by atoms with Crippen molar-refractivity contribution in [3.63, 3.8) is 0 Å². The van der Waals surface area contributed by atoms with Crippen molar-refractivity contribution >= 4 is 0 Å². The van der Waals surface area contributed by atoms with Crippen LogP contribution < -0.4 is 10.5 Å². The van der Waals surface area contributed by atoms with Gasteiger partial charge in [0.15, 0.2) is 0 Å². The Hall–Kier alpha value is -1.87. The van der Waals surface area contributed by atoms with Gasteiger partial charge in [-0.25, -0.2) is 4.39 Å². The summed E-state index contributed by atoms with van der Waals surface area (Å²) in [5.41, 5.74) is 10.5. The van der Waals surface area contributed by atoms with E-state index in [9.17, 15) is 4.39 Å². The van der Waals surface area contributed by atoms with E-state index >= 15 is 0 Å². The van der Waals surface area contributed by atoms with E-state index < -0.39 is 0 Å². The van der Waals surface area contributed by atoms with Gasteiger partial charge < -0.3 is 10.5 Å². The molecular weight excluding hydrogens is 253 g/mol. The van der Waals surface area contributed by atoms with Gasteiger partial charge in [0.25, 0.3) is 0 Å². The van der Waals surface area contributed by atoms with E-state index in [-0.39, 0.29) is 18.0 Å². The summed E-state index contributed by atoms with van der Waals surface area (Å²) in [5, 5.41) is 0. The minimum absolute atomic E-state index is 0.0674. The Bertz CT molecular complexity index is 653. The molecule has 0 aromatic heterocycles. The van der Waals surface area contributed by atoms with Crippen molar-refractivity contribution in [3.8, 4) is 5.75 Å². The first kappa shape index (κ1) is 13.1. The summed E-state index contributed by atoms with van der Waals surface area (Å²) in [6.07, 6.45) is 0.598. The molecule has 1 heterocycles. The van der Waals surface area contributed by atoms with Gasteiger partial charge in [0, 0.05) is 18.0 Å². The Morgan fingerprint density at radius 2 is 1.90 bits per heavy atom. The van der Waals surface area contributed by atoms with Crippen LogP contribution >= 0.6 is 0 Å². The van der Waals surface area contributed by atoms with Gasteiger partial charge in [-0.1, -0.05) is 18.2 Å². The number of hydrogen-bond donors (Lipinski definition) is 1. The van der Waals surface area contributed by atoms with Crippen LogP contribution in [-0.4, -0.2) is 0 Å². The smallest absolute Gasteiger partial charge is 0.126 e. The lowest BCUT2D eigenvalue weighted by Gasteiger charge is -2.30. The minimum Gasteiger partial charge on any atom is -0.485 e. The van der Waals surface area contributed by atoms with E-state index in [1.165, 1.54) is 23.3 Å². The molecule has 0 fully saturated rings. The Morgan fingerprint density at radius 1 is 1.10 bits per heavy atom. The number of nitrogens with two attached hydrogens (primary N) is 1. The average molecular weight is 271 g/mol. The zero-order chi connectivity index (χ0) is 14.3. The lowest BCUT2D eigenvalue weighted by molar-refractivity contribution is 0.161. The number of ether oxygens (including phenoxy) is 1. The molecule has 1 unspecified atom stereocenters. The highest BCUT2D eigenvalue weighted by Crippen LogP contribution is 2.40. The van der Waals surface area contributed by atoms with Crippen molar-refractivity contribution in [1.29, 1.82) is 0 Å². The maximum absolute atomic E-state index is 13.3. The molecule has 3 rings (SSSR count). The molecule has 2 N–H and O–H groups in total. The van der Waals surface area contributed by atoms with E-state index in [1.807, 2.05) is 0 Å². The molecule has 2 nitrogen and oxygen atoms in total. The van der Waals surface area contributed by atoms with E-state index in [4.69, 9.17) is 10.5 Å². The van der Waals surface area contributed by atoms with Crippen molar-refractivity contribution in [2.45, 2.75) is 32.4 Å². The summed E-state index contributed by atoms with van der Waals surface area (Å²) in [6, 6.07) is 10.7. The van der Waals surface area contributed by atoms with Crippen molar-refractivity contribution < 1.29 is 9.13 Å². The monoisotopic (exact) mass is 271 g/mol. The third kappa shape index (κ3) is 2.29. The first-order chi connectivity index (χ1) is 9.54. The highest BCUT2D eigenvalue weighted by atomic mass is 19.1. The molecule has 0 bridgehead atoms. The fourth-order valence-corrected chi connectivity index (χ4v) is 2.64. The second kappa shape index (κ2) is 4.91. The molecule has 0 aliphatic carbocycles. The molecule has 2 aromatic carbocycles. The summed E-state index contributed by atoms with van der Waals surface area (Å²) >= 11 is 0. The Morgan fingerprint density at radius 3 is 2.65 bits per heavy atom. The normalized spacial score (nSPS) is 21.2. The van der Waals surface area contributed by atoms with E-state index in [1.54, 1.807) is 6.07 Å². The predicted octanol–water partition coefficient (Wildman–Crippen LogP) is 3.97. The standard InChI is InChI=1S/C17H18FNO/c1-10-3-4-12(7-11(10)2)17-9-15(19)14-8-13(18)5-6-16(14)20-17/h3-8,15,17H,9,19H2,1-2H3/t15-,17?/m0/s1. The summed E-state index contributed by atoms with van der Waals surface area (Å²) in [5.74, 6) is 0.417. The van der Waals surface area contributed by atoms with E-state index in [2.05, 4.69) is 32.0 Å². The Labute approximate surface area is 118 Å². The number of aryl methyl sites for hydroxylation is 2. The van der Waals surface area contributed by atoms with Crippen LogP contribution in [0.3, 0.4) is 0 Å². The average Bonchev–Trinajstić information content (AvgIpc) is 2.42. The molecule has 0 saturated heterocycles. The number of halogens is 1. The SMILES string of the molecule is Cc1ccc(C2C[C@H](N)c3cc(F)ccc3O2)cc1C. The molecule has 0 radical (unpaired) electrons. The van der Waals surface area contributed by atoms with Gasteiger partial charge in [0.1, 0.15) is 17.7 Å². The number of rotatable bonds is 1. The topological polar surface area (TPSA) is 35.2 Å². The van der Waals surface area contributed by atoms with Crippen molar-refractivity contribution in [3.05, 3.63) is 64.5 Å². The molecule has 1 aliphatic heterocycles. The fraction of sp³-hybridized carbons (Fsp3) is 0.294. The van der Waals surface area contributed by atoms with Crippen LogP contribution in [0.1, 0.15) is 40.8 Å². The molecule has 20 heavy (non-hydrogen) atoms. The van der Waals surface area contributed by atoms with Gasteiger partial charge in [-0.05, 0) is 48.7 Å². The van der Waals surface area contributed by atoms with Gasteiger partial charge in [-0.3, -0.25) is 0 Å². The van der Waals surface area contributed by atoms with Crippen LogP contribution in [0, 0.1) is 19.7 Å². The van der Waals surface area contributed by atoms with Crippen LogP contribution in [-0.2, 0) is 0 Å².